The predicted octanol–water partition coefficient (Wildman–Crippen LogP) is 2.30. The van der Waals surface area contributed by atoms with E-state index in [9.17, 15) is 9.90 Å². The number of rotatable bonds is 6. The summed E-state index contributed by atoms with van der Waals surface area (Å²) in [6.07, 6.45) is 2.59. The predicted molar refractivity (Wildman–Crippen MR) is 75.0 cm³/mol. The number of halogens is 1. The molecule has 4 nitrogen and oxygen atoms in total. The molecule has 19 heavy (non-hydrogen) atoms. The molecule has 0 spiro atoms. The molecule has 0 saturated heterocycles. The van der Waals surface area contributed by atoms with Gasteiger partial charge in [-0.1, -0.05) is 23.7 Å². The highest BCUT2D eigenvalue weighted by atomic mass is 35.5. The van der Waals surface area contributed by atoms with Crippen LogP contribution < -0.4 is 10.6 Å². The molecule has 1 saturated carbocycles. The number of benzene rings is 1. The molecule has 3 N–H and O–H groups in total. The highest BCUT2D eigenvalue weighted by Crippen LogP contribution is 2.33. The van der Waals surface area contributed by atoms with Gasteiger partial charge in [-0.2, -0.15) is 0 Å². The third-order valence-corrected chi connectivity index (χ3v) is 3.51. The monoisotopic (exact) mass is 282 g/mol. The van der Waals surface area contributed by atoms with Crippen molar-refractivity contribution in [3.63, 3.8) is 0 Å². The maximum absolute atomic E-state index is 11.5. The highest BCUT2D eigenvalue weighted by Gasteiger charge is 2.29. The Morgan fingerprint density at radius 1 is 1.32 bits per heavy atom. The SMILES string of the molecule is O=C(NCCC(O)C1CC1)NCc1ccc(Cl)cc1. The van der Waals surface area contributed by atoms with Gasteiger partial charge in [0.05, 0.1) is 6.10 Å². The van der Waals surface area contributed by atoms with Crippen LogP contribution in [0.25, 0.3) is 0 Å². The number of urea groups is 1. The summed E-state index contributed by atoms with van der Waals surface area (Å²) in [5.74, 6) is 0.457. The maximum atomic E-state index is 11.5. The lowest BCUT2D eigenvalue weighted by molar-refractivity contribution is 0.141. The Bertz CT molecular complexity index is 418. The van der Waals surface area contributed by atoms with Gasteiger partial charge in [0.15, 0.2) is 0 Å². The third kappa shape index (κ3) is 5.09. The quantitative estimate of drug-likeness (QED) is 0.750. The van der Waals surface area contributed by atoms with Crippen LogP contribution in [0.3, 0.4) is 0 Å². The van der Waals surface area contributed by atoms with Crippen molar-refractivity contribution in [2.75, 3.05) is 6.54 Å². The molecule has 2 amide bonds. The molecule has 5 heteroatoms. The van der Waals surface area contributed by atoms with Gasteiger partial charge in [-0.3, -0.25) is 0 Å². The number of carbonyl (C=O) groups is 1. The van der Waals surface area contributed by atoms with Gasteiger partial charge >= 0.3 is 6.03 Å². The Labute approximate surface area is 118 Å². The maximum Gasteiger partial charge on any atom is 0.315 e. The van der Waals surface area contributed by atoms with Crippen LogP contribution >= 0.6 is 11.6 Å². The molecule has 0 radical (unpaired) electrons. The van der Waals surface area contributed by atoms with Gasteiger partial charge in [0.25, 0.3) is 0 Å². The number of aliphatic hydroxyl groups excluding tert-OH is 1. The average Bonchev–Trinajstić information content (AvgIpc) is 3.22. The van der Waals surface area contributed by atoms with Crippen molar-refractivity contribution in [1.29, 1.82) is 0 Å². The van der Waals surface area contributed by atoms with E-state index < -0.39 is 0 Å². The van der Waals surface area contributed by atoms with Gasteiger partial charge in [-0.05, 0) is 42.9 Å². The van der Waals surface area contributed by atoms with Crippen molar-refractivity contribution in [1.82, 2.24) is 10.6 Å². The Balaban J connectivity index is 1.60. The van der Waals surface area contributed by atoms with E-state index in [-0.39, 0.29) is 12.1 Å². The van der Waals surface area contributed by atoms with Crippen LogP contribution in [0, 0.1) is 5.92 Å². The summed E-state index contributed by atoms with van der Waals surface area (Å²) in [7, 11) is 0. The lowest BCUT2D eigenvalue weighted by Crippen LogP contribution is -2.36. The Morgan fingerprint density at radius 2 is 2.00 bits per heavy atom. The molecule has 1 atom stereocenters. The molecule has 104 valence electrons. The second-order valence-corrected chi connectivity index (χ2v) is 5.37. The van der Waals surface area contributed by atoms with E-state index in [2.05, 4.69) is 10.6 Å². The Hall–Kier alpha value is -1.26. The van der Waals surface area contributed by atoms with Crippen LogP contribution in [0.15, 0.2) is 24.3 Å². The Kier molecular flexibility index (Phi) is 5.05. The van der Waals surface area contributed by atoms with Crippen molar-refractivity contribution in [2.24, 2.45) is 5.92 Å². The van der Waals surface area contributed by atoms with Gasteiger partial charge in [-0.25, -0.2) is 4.79 Å². The first-order chi connectivity index (χ1) is 9.15. The third-order valence-electron chi connectivity index (χ3n) is 3.26. The second kappa shape index (κ2) is 6.78. The molecule has 0 aliphatic heterocycles. The van der Waals surface area contributed by atoms with E-state index in [1.165, 1.54) is 0 Å². The summed E-state index contributed by atoms with van der Waals surface area (Å²) >= 11 is 5.78. The molecule has 1 aliphatic rings. The molecule has 1 aromatic carbocycles. The van der Waals surface area contributed by atoms with Crippen molar-refractivity contribution < 1.29 is 9.90 Å². The number of hydrogen-bond acceptors (Lipinski definition) is 2. The summed E-state index contributed by atoms with van der Waals surface area (Å²) in [6.45, 7) is 0.971. The normalized spacial score (nSPS) is 15.9. The molecular weight excluding hydrogens is 264 g/mol. The number of amides is 2. The number of aliphatic hydroxyl groups is 1. The fourth-order valence-electron chi connectivity index (χ4n) is 1.90. The topological polar surface area (TPSA) is 61.4 Å². The smallest absolute Gasteiger partial charge is 0.315 e. The number of hydrogen-bond donors (Lipinski definition) is 3. The summed E-state index contributed by atoms with van der Waals surface area (Å²) in [5.41, 5.74) is 0.998. The van der Waals surface area contributed by atoms with E-state index in [1.807, 2.05) is 12.1 Å². The fraction of sp³-hybridized carbons (Fsp3) is 0.500. The van der Waals surface area contributed by atoms with Gasteiger partial charge < -0.3 is 15.7 Å². The van der Waals surface area contributed by atoms with E-state index in [1.54, 1.807) is 12.1 Å². The molecule has 2 rings (SSSR count). The molecule has 0 bridgehead atoms. The van der Waals surface area contributed by atoms with Gasteiger partial charge in [-0.15, -0.1) is 0 Å². The zero-order chi connectivity index (χ0) is 13.7. The Morgan fingerprint density at radius 3 is 2.63 bits per heavy atom. The van der Waals surface area contributed by atoms with E-state index in [0.29, 0.717) is 30.5 Å². The molecule has 0 heterocycles. The van der Waals surface area contributed by atoms with Crippen molar-refractivity contribution >= 4 is 17.6 Å². The molecule has 1 unspecified atom stereocenters. The van der Waals surface area contributed by atoms with Gasteiger partial charge in [0, 0.05) is 18.1 Å². The minimum absolute atomic E-state index is 0.210. The zero-order valence-electron chi connectivity index (χ0n) is 10.7. The van der Waals surface area contributed by atoms with Crippen LogP contribution in [0.4, 0.5) is 4.79 Å². The van der Waals surface area contributed by atoms with Crippen LogP contribution in [-0.4, -0.2) is 23.8 Å². The summed E-state index contributed by atoms with van der Waals surface area (Å²) in [6, 6.07) is 7.13. The summed E-state index contributed by atoms with van der Waals surface area (Å²) in [4.78, 5) is 11.5. The largest absolute Gasteiger partial charge is 0.393 e. The number of nitrogens with one attached hydrogen (secondary N) is 2. The van der Waals surface area contributed by atoms with Crippen LogP contribution in [0.2, 0.25) is 5.02 Å². The minimum Gasteiger partial charge on any atom is -0.393 e. The van der Waals surface area contributed by atoms with Gasteiger partial charge in [0.2, 0.25) is 0 Å². The highest BCUT2D eigenvalue weighted by molar-refractivity contribution is 6.30. The molecule has 1 aromatic rings. The van der Waals surface area contributed by atoms with Crippen molar-refractivity contribution in [3.05, 3.63) is 34.9 Å². The first-order valence-electron chi connectivity index (χ1n) is 6.59. The molecule has 1 aliphatic carbocycles. The second-order valence-electron chi connectivity index (χ2n) is 4.93. The molecule has 1 fully saturated rings. The standard InChI is InChI=1S/C14H19ClN2O2/c15-12-5-1-10(2-6-12)9-17-14(19)16-8-7-13(18)11-3-4-11/h1-2,5-6,11,13,18H,3-4,7-9H2,(H2,16,17,19). The van der Waals surface area contributed by atoms with Crippen LogP contribution in [0.1, 0.15) is 24.8 Å². The van der Waals surface area contributed by atoms with Crippen molar-refractivity contribution in [2.45, 2.75) is 31.9 Å². The number of carbonyl (C=O) groups excluding carboxylic acids is 1. The lowest BCUT2D eigenvalue weighted by atomic mass is 10.2. The van der Waals surface area contributed by atoms with E-state index in [0.717, 1.165) is 18.4 Å². The zero-order valence-corrected chi connectivity index (χ0v) is 11.5. The first kappa shape index (κ1) is 14.2. The summed E-state index contributed by atoms with van der Waals surface area (Å²) < 4.78 is 0. The summed E-state index contributed by atoms with van der Waals surface area (Å²) in [5, 5.41) is 15.8. The first-order valence-corrected chi connectivity index (χ1v) is 6.97. The fourth-order valence-corrected chi connectivity index (χ4v) is 2.02. The van der Waals surface area contributed by atoms with Crippen LogP contribution in [0.5, 0.6) is 0 Å². The van der Waals surface area contributed by atoms with E-state index in [4.69, 9.17) is 11.6 Å². The van der Waals surface area contributed by atoms with Crippen molar-refractivity contribution in [3.8, 4) is 0 Å². The van der Waals surface area contributed by atoms with E-state index >= 15 is 0 Å². The van der Waals surface area contributed by atoms with Crippen LogP contribution in [-0.2, 0) is 6.54 Å². The lowest BCUT2D eigenvalue weighted by Gasteiger charge is -2.11. The molecule has 0 aromatic heterocycles. The van der Waals surface area contributed by atoms with Gasteiger partial charge in [0.1, 0.15) is 0 Å². The minimum atomic E-state index is -0.267. The molecular formula is C14H19ClN2O2. The average molecular weight is 283 g/mol.